The van der Waals surface area contributed by atoms with Crippen LogP contribution in [0.25, 0.3) is 0 Å². The van der Waals surface area contributed by atoms with Crippen molar-refractivity contribution in [3.63, 3.8) is 0 Å². The second-order valence-corrected chi connectivity index (χ2v) is 4.34. The van der Waals surface area contributed by atoms with E-state index in [0.717, 1.165) is 18.8 Å². The highest BCUT2D eigenvalue weighted by Gasteiger charge is 2.09. The maximum atomic E-state index is 9.80. The van der Waals surface area contributed by atoms with Crippen LogP contribution in [0.15, 0.2) is 24.3 Å². The fourth-order valence-electron chi connectivity index (χ4n) is 1.56. The summed E-state index contributed by atoms with van der Waals surface area (Å²) in [6, 6.07) is 7.14. The summed E-state index contributed by atoms with van der Waals surface area (Å²) in [5.41, 5.74) is 0. The van der Waals surface area contributed by atoms with Crippen LogP contribution in [0.5, 0.6) is 5.75 Å². The van der Waals surface area contributed by atoms with Crippen LogP contribution in [0.1, 0.15) is 13.8 Å². The molecule has 4 heteroatoms. The van der Waals surface area contributed by atoms with Crippen molar-refractivity contribution in [3.05, 3.63) is 29.3 Å². The molecular formula is C13H20ClNO2. The van der Waals surface area contributed by atoms with Gasteiger partial charge in [0, 0.05) is 11.6 Å². The van der Waals surface area contributed by atoms with Crippen LogP contribution in [-0.4, -0.2) is 42.4 Å². The van der Waals surface area contributed by atoms with Crippen LogP contribution < -0.4 is 4.74 Å². The summed E-state index contributed by atoms with van der Waals surface area (Å²) in [5.74, 6) is 0.730. The van der Waals surface area contributed by atoms with Crippen LogP contribution in [0, 0.1) is 0 Å². The molecule has 3 nitrogen and oxygen atoms in total. The number of nitrogens with zero attached hydrogens (tertiary/aromatic N) is 1. The fourth-order valence-corrected chi connectivity index (χ4v) is 1.68. The Morgan fingerprint density at radius 3 is 2.35 bits per heavy atom. The van der Waals surface area contributed by atoms with Gasteiger partial charge in [0.2, 0.25) is 0 Å². The lowest BCUT2D eigenvalue weighted by Gasteiger charge is -2.21. The Hall–Kier alpha value is -0.770. The van der Waals surface area contributed by atoms with Crippen LogP contribution in [-0.2, 0) is 0 Å². The molecule has 96 valence electrons. The molecule has 1 aromatic carbocycles. The van der Waals surface area contributed by atoms with Gasteiger partial charge in [-0.3, -0.25) is 0 Å². The number of rotatable bonds is 7. The van der Waals surface area contributed by atoms with E-state index in [1.54, 1.807) is 24.3 Å². The average Bonchev–Trinajstić information content (AvgIpc) is 2.35. The Kier molecular flexibility index (Phi) is 6.34. The predicted molar refractivity (Wildman–Crippen MR) is 70.7 cm³/mol. The Labute approximate surface area is 108 Å². The van der Waals surface area contributed by atoms with E-state index in [1.165, 1.54) is 0 Å². The van der Waals surface area contributed by atoms with Gasteiger partial charge < -0.3 is 14.7 Å². The quantitative estimate of drug-likeness (QED) is 0.814. The fraction of sp³-hybridized carbons (Fsp3) is 0.538. The third-order valence-electron chi connectivity index (χ3n) is 2.62. The SMILES string of the molecule is CCN(CC)CC(O)COc1ccc(Cl)cc1. The minimum Gasteiger partial charge on any atom is -0.491 e. The maximum Gasteiger partial charge on any atom is 0.119 e. The summed E-state index contributed by atoms with van der Waals surface area (Å²) in [7, 11) is 0. The second kappa shape index (κ2) is 7.54. The third-order valence-corrected chi connectivity index (χ3v) is 2.87. The molecule has 0 heterocycles. The molecule has 0 aliphatic rings. The zero-order chi connectivity index (χ0) is 12.7. The number of ether oxygens (including phenoxy) is 1. The lowest BCUT2D eigenvalue weighted by molar-refractivity contribution is 0.0716. The van der Waals surface area contributed by atoms with Crippen LogP contribution in [0.3, 0.4) is 0 Å². The monoisotopic (exact) mass is 257 g/mol. The molecule has 17 heavy (non-hydrogen) atoms. The molecule has 1 atom stereocenters. The zero-order valence-corrected chi connectivity index (χ0v) is 11.2. The van der Waals surface area contributed by atoms with Crippen molar-refractivity contribution in [2.75, 3.05) is 26.2 Å². The summed E-state index contributed by atoms with van der Waals surface area (Å²) in [6.07, 6.45) is -0.467. The molecule has 0 aliphatic carbocycles. The highest BCUT2D eigenvalue weighted by atomic mass is 35.5. The number of aliphatic hydroxyl groups excluding tert-OH is 1. The highest BCUT2D eigenvalue weighted by Crippen LogP contribution is 2.15. The van der Waals surface area contributed by atoms with E-state index in [0.29, 0.717) is 18.2 Å². The Morgan fingerprint density at radius 2 is 1.82 bits per heavy atom. The zero-order valence-electron chi connectivity index (χ0n) is 10.4. The highest BCUT2D eigenvalue weighted by molar-refractivity contribution is 6.30. The largest absolute Gasteiger partial charge is 0.491 e. The minimum atomic E-state index is -0.467. The predicted octanol–water partition coefficient (Wildman–Crippen LogP) is 2.42. The molecule has 0 spiro atoms. The molecule has 0 radical (unpaired) electrons. The standard InChI is InChI=1S/C13H20ClNO2/c1-3-15(4-2)9-12(16)10-17-13-7-5-11(14)6-8-13/h5-8,12,16H,3-4,9-10H2,1-2H3. The average molecular weight is 258 g/mol. The number of likely N-dealkylation sites (N-methyl/N-ethyl adjacent to an activating group) is 1. The van der Waals surface area contributed by atoms with Crippen molar-refractivity contribution in [3.8, 4) is 5.75 Å². The van der Waals surface area contributed by atoms with E-state index in [9.17, 15) is 5.11 Å². The van der Waals surface area contributed by atoms with Crippen LogP contribution >= 0.6 is 11.6 Å². The van der Waals surface area contributed by atoms with Gasteiger partial charge in [0.15, 0.2) is 0 Å². The molecule has 1 N–H and O–H groups in total. The molecule has 1 unspecified atom stereocenters. The van der Waals surface area contributed by atoms with Crippen molar-refractivity contribution in [2.24, 2.45) is 0 Å². The number of halogens is 1. The van der Waals surface area contributed by atoms with Gasteiger partial charge in [-0.25, -0.2) is 0 Å². The van der Waals surface area contributed by atoms with Gasteiger partial charge in [-0.1, -0.05) is 25.4 Å². The molecular weight excluding hydrogens is 238 g/mol. The summed E-state index contributed by atoms with van der Waals surface area (Å²) in [5, 5.41) is 10.5. The van der Waals surface area contributed by atoms with Gasteiger partial charge in [0.1, 0.15) is 18.5 Å². The van der Waals surface area contributed by atoms with E-state index in [4.69, 9.17) is 16.3 Å². The first-order valence-corrected chi connectivity index (χ1v) is 6.32. The molecule has 0 aliphatic heterocycles. The van der Waals surface area contributed by atoms with Crippen molar-refractivity contribution in [1.82, 2.24) is 4.90 Å². The first-order valence-electron chi connectivity index (χ1n) is 5.94. The van der Waals surface area contributed by atoms with Crippen molar-refractivity contribution < 1.29 is 9.84 Å². The van der Waals surface area contributed by atoms with E-state index in [-0.39, 0.29) is 0 Å². The number of benzene rings is 1. The molecule has 0 fully saturated rings. The molecule has 1 aromatic rings. The van der Waals surface area contributed by atoms with E-state index in [2.05, 4.69) is 18.7 Å². The summed E-state index contributed by atoms with van der Waals surface area (Å²) < 4.78 is 5.48. The summed E-state index contributed by atoms with van der Waals surface area (Å²) in [6.45, 7) is 6.98. The second-order valence-electron chi connectivity index (χ2n) is 3.90. The van der Waals surface area contributed by atoms with Gasteiger partial charge in [0.05, 0.1) is 0 Å². The molecule has 0 saturated carbocycles. The molecule has 0 aromatic heterocycles. The van der Waals surface area contributed by atoms with Crippen molar-refractivity contribution in [1.29, 1.82) is 0 Å². The normalized spacial score (nSPS) is 12.8. The van der Waals surface area contributed by atoms with Crippen molar-refractivity contribution >= 4 is 11.6 Å². The first-order chi connectivity index (χ1) is 8.15. The van der Waals surface area contributed by atoms with Gasteiger partial charge in [0.25, 0.3) is 0 Å². The number of aliphatic hydroxyl groups is 1. The Morgan fingerprint density at radius 1 is 1.24 bits per heavy atom. The van der Waals surface area contributed by atoms with Gasteiger partial charge >= 0.3 is 0 Å². The molecule has 0 amide bonds. The topological polar surface area (TPSA) is 32.7 Å². The molecule has 0 saturated heterocycles. The Balaban J connectivity index is 2.32. The number of hydrogen-bond donors (Lipinski definition) is 1. The van der Waals surface area contributed by atoms with Crippen LogP contribution in [0.4, 0.5) is 0 Å². The van der Waals surface area contributed by atoms with E-state index in [1.807, 2.05) is 0 Å². The van der Waals surface area contributed by atoms with E-state index < -0.39 is 6.10 Å². The lowest BCUT2D eigenvalue weighted by atomic mass is 10.3. The molecule has 0 bridgehead atoms. The third kappa shape index (κ3) is 5.39. The Bertz CT molecular complexity index is 312. The van der Waals surface area contributed by atoms with Gasteiger partial charge in [-0.05, 0) is 37.4 Å². The number of hydrogen-bond acceptors (Lipinski definition) is 3. The van der Waals surface area contributed by atoms with E-state index >= 15 is 0 Å². The first kappa shape index (κ1) is 14.3. The smallest absolute Gasteiger partial charge is 0.119 e. The van der Waals surface area contributed by atoms with Crippen molar-refractivity contribution in [2.45, 2.75) is 20.0 Å². The lowest BCUT2D eigenvalue weighted by Crippen LogP contribution is -2.35. The minimum absolute atomic E-state index is 0.304. The molecule has 1 rings (SSSR count). The summed E-state index contributed by atoms with van der Waals surface area (Å²) >= 11 is 5.77. The maximum absolute atomic E-state index is 9.80. The summed E-state index contributed by atoms with van der Waals surface area (Å²) in [4.78, 5) is 2.16. The van der Waals surface area contributed by atoms with Gasteiger partial charge in [-0.15, -0.1) is 0 Å². The van der Waals surface area contributed by atoms with Gasteiger partial charge in [-0.2, -0.15) is 0 Å². The van der Waals surface area contributed by atoms with Crippen LogP contribution in [0.2, 0.25) is 5.02 Å².